The van der Waals surface area contributed by atoms with Crippen molar-refractivity contribution in [3.63, 3.8) is 0 Å². The number of ether oxygens (including phenoxy) is 2. The molecule has 0 saturated carbocycles. The van der Waals surface area contributed by atoms with Crippen LogP contribution in [-0.2, 0) is 4.74 Å². The van der Waals surface area contributed by atoms with Gasteiger partial charge in [-0.05, 0) is 45.7 Å². The first-order chi connectivity index (χ1) is 13.8. The highest BCUT2D eigenvalue weighted by molar-refractivity contribution is 5.68. The normalized spacial score (nSPS) is 18.3. The number of hydrogen-bond acceptors (Lipinski definition) is 6. The topological polar surface area (TPSA) is 67.8 Å². The van der Waals surface area contributed by atoms with E-state index in [1.54, 1.807) is 12.5 Å². The zero-order valence-electron chi connectivity index (χ0n) is 17.3. The van der Waals surface area contributed by atoms with E-state index in [2.05, 4.69) is 14.9 Å². The summed E-state index contributed by atoms with van der Waals surface area (Å²) in [5.74, 6) is 2.26. The zero-order chi connectivity index (χ0) is 20.5. The summed E-state index contributed by atoms with van der Waals surface area (Å²) in [6, 6.07) is 9.67. The number of amides is 1. The molecule has 0 unspecified atom stereocenters. The zero-order valence-corrected chi connectivity index (χ0v) is 17.3. The van der Waals surface area contributed by atoms with E-state index in [0.29, 0.717) is 5.75 Å². The second-order valence-corrected chi connectivity index (χ2v) is 8.95. The Morgan fingerprint density at radius 1 is 1.10 bits per heavy atom. The minimum Gasteiger partial charge on any atom is -0.452 e. The van der Waals surface area contributed by atoms with Crippen LogP contribution in [0.1, 0.15) is 33.6 Å². The summed E-state index contributed by atoms with van der Waals surface area (Å²) in [5, 5.41) is 0. The first kappa shape index (κ1) is 19.5. The Labute approximate surface area is 171 Å². The largest absolute Gasteiger partial charge is 0.452 e. The van der Waals surface area contributed by atoms with Crippen LogP contribution in [0, 0.1) is 5.41 Å². The Bertz CT molecular complexity index is 850. The molecule has 3 heterocycles. The van der Waals surface area contributed by atoms with Gasteiger partial charge in [-0.3, -0.25) is 0 Å². The summed E-state index contributed by atoms with van der Waals surface area (Å²) in [4.78, 5) is 24.9. The number of aromatic nitrogens is 2. The Balaban J connectivity index is 1.36. The quantitative estimate of drug-likeness (QED) is 0.778. The lowest BCUT2D eigenvalue weighted by Gasteiger charge is -2.54. The number of piperidine rings is 1. The molecular formula is C22H28N4O3. The molecule has 1 aromatic heterocycles. The maximum Gasteiger partial charge on any atom is 0.410 e. The highest BCUT2D eigenvalue weighted by atomic mass is 16.6. The van der Waals surface area contributed by atoms with Crippen LogP contribution in [0.25, 0.3) is 0 Å². The number of nitrogens with zero attached hydrogens (tertiary/aromatic N) is 4. The molecule has 29 heavy (non-hydrogen) atoms. The monoisotopic (exact) mass is 396 g/mol. The van der Waals surface area contributed by atoms with E-state index in [-0.39, 0.29) is 11.5 Å². The highest BCUT2D eigenvalue weighted by Crippen LogP contribution is 2.44. The number of carbonyl (C=O) groups excluding carboxylic acids is 1. The molecule has 0 N–H and O–H groups in total. The minimum absolute atomic E-state index is 0.210. The molecule has 7 nitrogen and oxygen atoms in total. The summed E-state index contributed by atoms with van der Waals surface area (Å²) < 4.78 is 11.5. The average molecular weight is 396 g/mol. The van der Waals surface area contributed by atoms with Crippen LogP contribution in [-0.4, -0.2) is 52.7 Å². The van der Waals surface area contributed by atoms with E-state index >= 15 is 0 Å². The molecule has 2 fully saturated rings. The molecule has 154 valence electrons. The van der Waals surface area contributed by atoms with Crippen LogP contribution in [0.3, 0.4) is 0 Å². The third kappa shape index (κ3) is 4.44. The Hall–Kier alpha value is -2.83. The van der Waals surface area contributed by atoms with Crippen LogP contribution in [0.5, 0.6) is 11.5 Å². The van der Waals surface area contributed by atoms with Crippen LogP contribution in [0.2, 0.25) is 0 Å². The molecule has 1 aromatic carbocycles. The molecule has 4 rings (SSSR count). The van der Waals surface area contributed by atoms with Gasteiger partial charge in [0.25, 0.3) is 0 Å². The van der Waals surface area contributed by atoms with Gasteiger partial charge >= 0.3 is 6.09 Å². The fourth-order valence-corrected chi connectivity index (χ4v) is 3.95. The van der Waals surface area contributed by atoms with Gasteiger partial charge in [0.05, 0.1) is 6.20 Å². The van der Waals surface area contributed by atoms with Crippen LogP contribution >= 0.6 is 0 Å². The second kappa shape index (κ2) is 7.54. The third-order valence-corrected chi connectivity index (χ3v) is 5.46. The van der Waals surface area contributed by atoms with E-state index in [1.165, 1.54) is 0 Å². The molecule has 0 atom stereocenters. The lowest BCUT2D eigenvalue weighted by molar-refractivity contribution is 0.00587. The van der Waals surface area contributed by atoms with Crippen molar-refractivity contribution in [2.45, 2.75) is 39.2 Å². The smallest absolute Gasteiger partial charge is 0.410 e. The van der Waals surface area contributed by atoms with E-state index in [9.17, 15) is 4.79 Å². The molecular weight excluding hydrogens is 368 g/mol. The molecule has 0 bridgehead atoms. The van der Waals surface area contributed by atoms with Crippen LogP contribution < -0.4 is 9.64 Å². The molecule has 0 aliphatic carbocycles. The molecule has 2 aromatic rings. The van der Waals surface area contributed by atoms with E-state index in [1.807, 2.05) is 56.0 Å². The third-order valence-electron chi connectivity index (χ3n) is 5.46. The van der Waals surface area contributed by atoms with Crippen molar-refractivity contribution in [1.82, 2.24) is 14.9 Å². The summed E-state index contributed by atoms with van der Waals surface area (Å²) in [7, 11) is 0. The van der Waals surface area contributed by atoms with E-state index < -0.39 is 5.60 Å². The van der Waals surface area contributed by atoms with Gasteiger partial charge < -0.3 is 19.3 Å². The van der Waals surface area contributed by atoms with Crippen LogP contribution in [0.15, 0.2) is 42.9 Å². The standard InChI is InChI=1S/C22H28N4O3/c1-21(2,3)29-20(27)25-11-9-22(10-12-25)14-26(15-22)19-18(13-23-16-24-19)28-17-7-5-4-6-8-17/h4-8,13,16H,9-12,14-15H2,1-3H3. The number of hydrogen-bond donors (Lipinski definition) is 0. The molecule has 1 amide bonds. The molecule has 2 saturated heterocycles. The number of anilines is 1. The second-order valence-electron chi connectivity index (χ2n) is 8.95. The fraction of sp³-hybridized carbons (Fsp3) is 0.500. The maximum absolute atomic E-state index is 12.3. The number of likely N-dealkylation sites (tertiary alicyclic amines) is 1. The first-order valence-electron chi connectivity index (χ1n) is 10.1. The highest BCUT2D eigenvalue weighted by Gasteiger charge is 2.47. The number of benzene rings is 1. The SMILES string of the molecule is CC(C)(C)OC(=O)N1CCC2(CC1)CN(c1ncncc1Oc1ccccc1)C2. The number of rotatable bonds is 3. The van der Waals surface area contributed by atoms with Crippen molar-refractivity contribution in [3.05, 3.63) is 42.9 Å². The van der Waals surface area contributed by atoms with E-state index in [0.717, 1.165) is 50.6 Å². The Kier molecular flexibility index (Phi) is 5.06. The van der Waals surface area contributed by atoms with Gasteiger partial charge in [0.2, 0.25) is 0 Å². The summed E-state index contributed by atoms with van der Waals surface area (Å²) in [6.07, 6.45) is 5.01. The maximum atomic E-state index is 12.3. The lowest BCUT2D eigenvalue weighted by Crippen LogP contribution is -2.61. The molecule has 2 aliphatic rings. The van der Waals surface area contributed by atoms with Gasteiger partial charge in [-0.25, -0.2) is 14.8 Å². The number of para-hydroxylation sites is 1. The van der Waals surface area contributed by atoms with Crippen molar-refractivity contribution in [3.8, 4) is 11.5 Å². The van der Waals surface area contributed by atoms with Gasteiger partial charge in [-0.2, -0.15) is 0 Å². The van der Waals surface area contributed by atoms with Crippen molar-refractivity contribution in [2.75, 3.05) is 31.1 Å². The van der Waals surface area contributed by atoms with Gasteiger partial charge in [0.15, 0.2) is 11.6 Å². The van der Waals surface area contributed by atoms with Gasteiger partial charge in [-0.15, -0.1) is 0 Å². The fourth-order valence-electron chi connectivity index (χ4n) is 3.95. The predicted molar refractivity (Wildman–Crippen MR) is 110 cm³/mol. The molecule has 1 spiro atoms. The van der Waals surface area contributed by atoms with Gasteiger partial charge in [0.1, 0.15) is 17.7 Å². The van der Waals surface area contributed by atoms with Crippen molar-refractivity contribution < 1.29 is 14.3 Å². The Morgan fingerprint density at radius 2 is 1.79 bits per heavy atom. The lowest BCUT2D eigenvalue weighted by atomic mass is 9.72. The molecule has 7 heteroatoms. The van der Waals surface area contributed by atoms with Crippen LogP contribution in [0.4, 0.5) is 10.6 Å². The summed E-state index contributed by atoms with van der Waals surface area (Å²) in [6.45, 7) is 9.00. The molecule has 0 radical (unpaired) electrons. The Morgan fingerprint density at radius 3 is 2.45 bits per heavy atom. The summed E-state index contributed by atoms with van der Waals surface area (Å²) >= 11 is 0. The first-order valence-corrected chi connectivity index (χ1v) is 10.1. The molecule has 2 aliphatic heterocycles. The average Bonchev–Trinajstić information content (AvgIpc) is 2.66. The van der Waals surface area contributed by atoms with E-state index in [4.69, 9.17) is 9.47 Å². The van der Waals surface area contributed by atoms with Crippen molar-refractivity contribution in [2.24, 2.45) is 5.41 Å². The van der Waals surface area contributed by atoms with Crippen molar-refractivity contribution >= 4 is 11.9 Å². The predicted octanol–water partition coefficient (Wildman–Crippen LogP) is 4.11. The van der Waals surface area contributed by atoms with Crippen molar-refractivity contribution in [1.29, 1.82) is 0 Å². The van der Waals surface area contributed by atoms with Gasteiger partial charge in [0, 0.05) is 31.6 Å². The number of carbonyl (C=O) groups is 1. The van der Waals surface area contributed by atoms with Gasteiger partial charge in [-0.1, -0.05) is 18.2 Å². The summed E-state index contributed by atoms with van der Waals surface area (Å²) in [5.41, 5.74) is -0.227. The minimum atomic E-state index is -0.457.